The summed E-state index contributed by atoms with van der Waals surface area (Å²) in [7, 11) is 0. The largest absolute Gasteiger partial charge is 0.484 e. The highest BCUT2D eigenvalue weighted by Gasteiger charge is 2.12. The molecule has 1 amide bonds. The first-order chi connectivity index (χ1) is 9.74. The van der Waals surface area contributed by atoms with Crippen LogP contribution in [0.1, 0.15) is 18.4 Å². The van der Waals surface area contributed by atoms with Crippen LogP contribution in [0.2, 0.25) is 0 Å². The first kappa shape index (κ1) is 15.2. The van der Waals surface area contributed by atoms with Gasteiger partial charge in [-0.1, -0.05) is 12.1 Å². The third-order valence-corrected chi connectivity index (χ3v) is 4.46. The van der Waals surface area contributed by atoms with E-state index in [4.69, 9.17) is 10.5 Å². The van der Waals surface area contributed by atoms with Crippen LogP contribution in [0.4, 0.5) is 0 Å². The average Bonchev–Trinajstić information content (AvgIpc) is 2.47. The topological polar surface area (TPSA) is 64.4 Å². The molecule has 110 valence electrons. The second-order valence-electron chi connectivity index (χ2n) is 5.09. The number of hydrogen-bond acceptors (Lipinski definition) is 4. The highest BCUT2D eigenvalue weighted by atomic mass is 32.2. The maximum absolute atomic E-state index is 10.6. The molecule has 0 unspecified atom stereocenters. The molecule has 4 nitrogen and oxygen atoms in total. The Morgan fingerprint density at radius 3 is 2.65 bits per heavy atom. The zero-order valence-electron chi connectivity index (χ0n) is 11.6. The van der Waals surface area contributed by atoms with Crippen molar-refractivity contribution in [2.45, 2.75) is 19.4 Å². The van der Waals surface area contributed by atoms with Gasteiger partial charge < -0.3 is 15.8 Å². The number of primary amides is 1. The van der Waals surface area contributed by atoms with Gasteiger partial charge in [0.25, 0.3) is 5.91 Å². The van der Waals surface area contributed by atoms with Crippen molar-refractivity contribution in [2.24, 2.45) is 11.7 Å². The number of hydrogen-bond donors (Lipinski definition) is 2. The lowest BCUT2D eigenvalue weighted by Gasteiger charge is -2.21. The summed E-state index contributed by atoms with van der Waals surface area (Å²) in [6.45, 7) is 1.90. The minimum Gasteiger partial charge on any atom is -0.484 e. The van der Waals surface area contributed by atoms with Gasteiger partial charge in [0.2, 0.25) is 0 Å². The Balaban J connectivity index is 1.69. The Morgan fingerprint density at radius 2 is 2.00 bits per heavy atom. The summed E-state index contributed by atoms with van der Waals surface area (Å²) in [5.74, 6) is 3.66. The predicted molar refractivity (Wildman–Crippen MR) is 82.9 cm³/mol. The standard InChI is InChI=1S/C15H22N2O2S/c16-15(18)11-19-14-3-1-12(2-4-14)9-17-10-13-5-7-20-8-6-13/h1-4,13,17H,5-11H2,(H2,16,18). The number of thioether (sulfide) groups is 1. The Morgan fingerprint density at radius 1 is 1.30 bits per heavy atom. The van der Waals surface area contributed by atoms with Crippen molar-refractivity contribution in [2.75, 3.05) is 24.7 Å². The smallest absolute Gasteiger partial charge is 0.255 e. The van der Waals surface area contributed by atoms with Gasteiger partial charge in [-0.15, -0.1) is 0 Å². The molecule has 1 aliphatic rings. The number of amides is 1. The molecule has 1 saturated heterocycles. The molecule has 0 aliphatic carbocycles. The minimum atomic E-state index is -0.457. The molecule has 3 N–H and O–H groups in total. The van der Waals surface area contributed by atoms with E-state index >= 15 is 0 Å². The van der Waals surface area contributed by atoms with Gasteiger partial charge in [-0.05, 0) is 54.5 Å². The Kier molecular flexibility index (Phi) is 6.21. The predicted octanol–water partition coefficient (Wildman–Crippen LogP) is 1.78. The molecule has 0 spiro atoms. The van der Waals surface area contributed by atoms with E-state index in [2.05, 4.69) is 17.1 Å². The molecule has 1 aromatic carbocycles. The third-order valence-electron chi connectivity index (χ3n) is 3.41. The number of carbonyl (C=O) groups is 1. The van der Waals surface area contributed by atoms with Crippen LogP contribution in [0.15, 0.2) is 24.3 Å². The molecule has 5 heteroatoms. The summed E-state index contributed by atoms with van der Waals surface area (Å²) in [4.78, 5) is 10.6. The van der Waals surface area contributed by atoms with Gasteiger partial charge in [0, 0.05) is 6.54 Å². The zero-order chi connectivity index (χ0) is 14.2. The fraction of sp³-hybridized carbons (Fsp3) is 0.533. The van der Waals surface area contributed by atoms with E-state index in [0.717, 1.165) is 19.0 Å². The molecule has 2 rings (SSSR count). The zero-order valence-corrected chi connectivity index (χ0v) is 12.5. The van der Waals surface area contributed by atoms with Crippen LogP contribution in [0.3, 0.4) is 0 Å². The second-order valence-corrected chi connectivity index (χ2v) is 6.31. The molecular formula is C15H22N2O2S. The summed E-state index contributed by atoms with van der Waals surface area (Å²) in [6.07, 6.45) is 2.66. The van der Waals surface area contributed by atoms with Crippen LogP contribution >= 0.6 is 11.8 Å². The summed E-state index contributed by atoms with van der Waals surface area (Å²) < 4.78 is 5.22. The molecule has 1 aliphatic heterocycles. The van der Waals surface area contributed by atoms with E-state index in [1.54, 1.807) is 0 Å². The summed E-state index contributed by atoms with van der Waals surface area (Å²) in [5.41, 5.74) is 6.26. The monoisotopic (exact) mass is 294 g/mol. The van der Waals surface area contributed by atoms with Crippen molar-refractivity contribution in [1.29, 1.82) is 0 Å². The summed E-state index contributed by atoms with van der Waals surface area (Å²) in [5, 5.41) is 3.52. The van der Waals surface area contributed by atoms with Crippen LogP contribution in [0.5, 0.6) is 5.75 Å². The summed E-state index contributed by atoms with van der Waals surface area (Å²) in [6, 6.07) is 7.77. The van der Waals surface area contributed by atoms with E-state index in [1.165, 1.54) is 29.9 Å². The molecule has 1 heterocycles. The van der Waals surface area contributed by atoms with E-state index in [1.807, 2.05) is 24.3 Å². The molecule has 0 aromatic heterocycles. The second kappa shape index (κ2) is 8.17. The van der Waals surface area contributed by atoms with Crippen LogP contribution in [-0.2, 0) is 11.3 Å². The number of carbonyl (C=O) groups excluding carboxylic acids is 1. The molecular weight excluding hydrogens is 272 g/mol. The lowest BCUT2D eigenvalue weighted by molar-refractivity contribution is -0.119. The van der Waals surface area contributed by atoms with Gasteiger partial charge in [-0.25, -0.2) is 0 Å². The fourth-order valence-electron chi connectivity index (χ4n) is 2.23. The maximum Gasteiger partial charge on any atom is 0.255 e. The minimum absolute atomic E-state index is 0.0721. The van der Waals surface area contributed by atoms with Crippen molar-refractivity contribution in [3.8, 4) is 5.75 Å². The highest BCUT2D eigenvalue weighted by molar-refractivity contribution is 7.99. The maximum atomic E-state index is 10.6. The van der Waals surface area contributed by atoms with Crippen LogP contribution in [0, 0.1) is 5.92 Å². The number of benzene rings is 1. The van der Waals surface area contributed by atoms with Gasteiger partial charge in [-0.2, -0.15) is 11.8 Å². The molecule has 1 fully saturated rings. The molecule has 20 heavy (non-hydrogen) atoms. The quantitative estimate of drug-likeness (QED) is 0.804. The Hall–Kier alpha value is -1.20. The Labute approximate surface area is 124 Å². The van der Waals surface area contributed by atoms with E-state index in [0.29, 0.717) is 5.75 Å². The number of nitrogens with one attached hydrogen (secondary N) is 1. The lowest BCUT2D eigenvalue weighted by Crippen LogP contribution is -2.25. The van der Waals surface area contributed by atoms with Gasteiger partial charge in [-0.3, -0.25) is 4.79 Å². The van der Waals surface area contributed by atoms with E-state index in [9.17, 15) is 4.79 Å². The fourth-order valence-corrected chi connectivity index (χ4v) is 3.43. The van der Waals surface area contributed by atoms with Gasteiger partial charge in [0.15, 0.2) is 6.61 Å². The summed E-state index contributed by atoms with van der Waals surface area (Å²) >= 11 is 2.06. The van der Waals surface area contributed by atoms with Crippen molar-refractivity contribution in [3.63, 3.8) is 0 Å². The normalized spacial score (nSPS) is 16.0. The third kappa shape index (κ3) is 5.43. The first-order valence-corrected chi connectivity index (χ1v) is 8.18. The molecule has 1 aromatic rings. The van der Waals surface area contributed by atoms with Crippen LogP contribution < -0.4 is 15.8 Å². The van der Waals surface area contributed by atoms with E-state index < -0.39 is 5.91 Å². The number of nitrogens with two attached hydrogens (primary N) is 1. The SMILES string of the molecule is NC(=O)COc1ccc(CNCC2CCSCC2)cc1. The first-order valence-electron chi connectivity index (χ1n) is 7.02. The number of ether oxygens (including phenoxy) is 1. The van der Waals surface area contributed by atoms with Crippen molar-refractivity contribution < 1.29 is 9.53 Å². The van der Waals surface area contributed by atoms with Gasteiger partial charge in [0.05, 0.1) is 0 Å². The molecule has 0 saturated carbocycles. The Bertz CT molecular complexity index is 416. The van der Waals surface area contributed by atoms with Crippen molar-refractivity contribution >= 4 is 17.7 Å². The van der Waals surface area contributed by atoms with E-state index in [-0.39, 0.29) is 6.61 Å². The van der Waals surface area contributed by atoms with Crippen LogP contribution in [0.25, 0.3) is 0 Å². The van der Waals surface area contributed by atoms with Gasteiger partial charge in [0.1, 0.15) is 5.75 Å². The van der Waals surface area contributed by atoms with Crippen molar-refractivity contribution in [3.05, 3.63) is 29.8 Å². The van der Waals surface area contributed by atoms with Gasteiger partial charge >= 0.3 is 0 Å². The molecule has 0 radical (unpaired) electrons. The number of rotatable bonds is 7. The van der Waals surface area contributed by atoms with Crippen molar-refractivity contribution in [1.82, 2.24) is 5.32 Å². The molecule has 0 atom stereocenters. The molecule has 0 bridgehead atoms. The van der Waals surface area contributed by atoms with Crippen LogP contribution in [-0.4, -0.2) is 30.6 Å². The average molecular weight is 294 g/mol. The highest BCUT2D eigenvalue weighted by Crippen LogP contribution is 2.22. The lowest BCUT2D eigenvalue weighted by atomic mass is 10.0.